The molecule has 10 nitrogen and oxygen atoms in total. The lowest BCUT2D eigenvalue weighted by Gasteiger charge is -2.38. The molecule has 0 saturated heterocycles. The minimum absolute atomic E-state index is 0.0315. The lowest BCUT2D eigenvalue weighted by Crippen LogP contribution is -2.56. The van der Waals surface area contributed by atoms with Gasteiger partial charge in [0, 0.05) is 25.2 Å². The summed E-state index contributed by atoms with van der Waals surface area (Å²) in [6, 6.07) is 23.1. The molecule has 1 aliphatic carbocycles. The summed E-state index contributed by atoms with van der Waals surface area (Å²) in [7, 11) is 0. The molecule has 0 spiro atoms. The fourth-order valence-electron chi connectivity index (χ4n) is 6.74. The number of carbonyl (C=O) groups is 3. The van der Waals surface area contributed by atoms with E-state index in [4.69, 9.17) is 21.3 Å². The molecule has 0 unspecified atom stereocenters. The van der Waals surface area contributed by atoms with Gasteiger partial charge in [-0.1, -0.05) is 92.2 Å². The normalized spacial score (nSPS) is 17.4. The van der Waals surface area contributed by atoms with Crippen LogP contribution in [-0.2, 0) is 34.5 Å². The number of imide groups is 1. The SMILES string of the molecule is CC(=O)N1C(=O)c2cc(Cl)nc(c2)NCC=CCc2cccc(c2)C[C@H]1[C@H](O)CN(C(=O)OCc1ccccc1)C1(c2cc(C(C)C)ccn2)CC1. The predicted molar refractivity (Wildman–Crippen MR) is 200 cm³/mol. The second-order valence-electron chi connectivity index (χ2n) is 13.8. The van der Waals surface area contributed by atoms with Crippen LogP contribution >= 0.6 is 11.6 Å². The molecule has 2 N–H and O–H groups in total. The number of fused-ring (bicyclic) bond motifs is 4. The maximum atomic E-state index is 14.3. The molecule has 3 amide bonds. The van der Waals surface area contributed by atoms with E-state index in [1.807, 2.05) is 78.9 Å². The Bertz CT molecular complexity index is 1950. The van der Waals surface area contributed by atoms with E-state index in [1.54, 1.807) is 12.3 Å². The molecule has 270 valence electrons. The molecule has 1 saturated carbocycles. The molecule has 4 aromatic rings. The summed E-state index contributed by atoms with van der Waals surface area (Å²) < 4.78 is 5.89. The number of hydrogen-bond donors (Lipinski definition) is 2. The highest BCUT2D eigenvalue weighted by atomic mass is 35.5. The predicted octanol–water partition coefficient (Wildman–Crippen LogP) is 7.07. The Labute approximate surface area is 309 Å². The Morgan fingerprint density at radius 1 is 1.04 bits per heavy atom. The quantitative estimate of drug-likeness (QED) is 0.146. The summed E-state index contributed by atoms with van der Waals surface area (Å²) in [5, 5.41) is 15.6. The Morgan fingerprint density at radius 2 is 1.81 bits per heavy atom. The second-order valence-corrected chi connectivity index (χ2v) is 14.2. The van der Waals surface area contributed by atoms with E-state index in [1.165, 1.54) is 17.9 Å². The van der Waals surface area contributed by atoms with Gasteiger partial charge in [-0.25, -0.2) is 9.78 Å². The zero-order valence-corrected chi connectivity index (χ0v) is 30.4. The zero-order valence-electron chi connectivity index (χ0n) is 29.7. The first kappa shape index (κ1) is 36.7. The van der Waals surface area contributed by atoms with Crippen molar-refractivity contribution in [2.75, 3.05) is 18.4 Å². The van der Waals surface area contributed by atoms with Crippen LogP contribution < -0.4 is 5.32 Å². The summed E-state index contributed by atoms with van der Waals surface area (Å²) in [5.74, 6) is -0.606. The van der Waals surface area contributed by atoms with E-state index in [0.717, 1.165) is 27.2 Å². The Kier molecular flexibility index (Phi) is 11.4. The van der Waals surface area contributed by atoms with Gasteiger partial charge in [0.05, 0.1) is 29.9 Å². The van der Waals surface area contributed by atoms with E-state index in [2.05, 4.69) is 24.1 Å². The van der Waals surface area contributed by atoms with Gasteiger partial charge in [-0.15, -0.1) is 0 Å². The van der Waals surface area contributed by atoms with Crippen molar-refractivity contribution < 1.29 is 24.2 Å². The van der Waals surface area contributed by atoms with Gasteiger partial charge in [-0.05, 0) is 78.1 Å². The second kappa shape index (κ2) is 16.1. The van der Waals surface area contributed by atoms with Crippen molar-refractivity contribution >= 4 is 35.3 Å². The largest absolute Gasteiger partial charge is 0.445 e. The van der Waals surface area contributed by atoms with Crippen molar-refractivity contribution in [3.63, 3.8) is 0 Å². The number of allylic oxidation sites excluding steroid dienone is 1. The summed E-state index contributed by atoms with van der Waals surface area (Å²) in [6.07, 6.45) is 5.74. The number of halogens is 1. The number of amides is 3. The number of rotatable bonds is 8. The number of pyridine rings is 2. The van der Waals surface area contributed by atoms with E-state index in [9.17, 15) is 19.5 Å². The van der Waals surface area contributed by atoms with Crippen LogP contribution in [0.4, 0.5) is 10.6 Å². The molecule has 2 atom stereocenters. The van der Waals surface area contributed by atoms with Crippen molar-refractivity contribution in [3.8, 4) is 0 Å². The molecular formula is C41H44ClN5O5. The lowest BCUT2D eigenvalue weighted by molar-refractivity contribution is -0.130. The highest BCUT2D eigenvalue weighted by Gasteiger charge is 2.54. The first-order chi connectivity index (χ1) is 25.0. The molecule has 52 heavy (non-hydrogen) atoms. The van der Waals surface area contributed by atoms with Gasteiger partial charge in [0.1, 0.15) is 17.6 Å². The van der Waals surface area contributed by atoms with E-state index in [-0.39, 0.29) is 36.2 Å². The van der Waals surface area contributed by atoms with Crippen LogP contribution in [0.5, 0.6) is 0 Å². The van der Waals surface area contributed by atoms with Crippen molar-refractivity contribution in [1.82, 2.24) is 19.8 Å². The number of ether oxygens (including phenoxy) is 1. The third kappa shape index (κ3) is 8.52. The molecule has 2 aromatic carbocycles. The highest BCUT2D eigenvalue weighted by molar-refractivity contribution is 6.30. The Morgan fingerprint density at radius 3 is 2.54 bits per heavy atom. The molecule has 2 aliphatic rings. The van der Waals surface area contributed by atoms with E-state index < -0.39 is 35.6 Å². The van der Waals surface area contributed by atoms with Gasteiger partial charge < -0.3 is 15.2 Å². The number of carbonyl (C=O) groups excluding carboxylic acids is 3. The molecule has 0 radical (unpaired) electrons. The molecule has 4 bridgehead atoms. The van der Waals surface area contributed by atoms with Crippen LogP contribution in [0.2, 0.25) is 5.15 Å². The molecule has 11 heteroatoms. The number of nitrogens with one attached hydrogen (secondary N) is 1. The Hall–Kier alpha value is -5.06. The molecule has 1 fully saturated rings. The van der Waals surface area contributed by atoms with Crippen molar-refractivity contribution in [2.45, 2.75) is 76.7 Å². The summed E-state index contributed by atoms with van der Waals surface area (Å²) in [4.78, 5) is 53.7. The average molecular weight is 722 g/mol. The summed E-state index contributed by atoms with van der Waals surface area (Å²) in [5.41, 5.74) is 3.74. The standard InChI is InChI=1S/C41H44ClN5O5/c1-27(2)32-15-19-43-36(22-32)41(16-17-41)46(40(51)52-26-30-11-5-4-6-12-30)25-35(49)34-21-31-14-9-13-29(20-31)10-7-8-18-44-38-24-33(23-37(42)45-38)39(50)47(34)28(3)48/h4-9,11-15,19-20,22-24,27,34-35,49H,10,16-18,21,25-26H2,1-3H3,(H,44,45)/t34-,35+/m0/s1. The minimum atomic E-state index is -1.38. The van der Waals surface area contributed by atoms with Crippen LogP contribution in [-0.4, -0.2) is 68.0 Å². The van der Waals surface area contributed by atoms with E-state index in [0.29, 0.717) is 37.3 Å². The zero-order chi connectivity index (χ0) is 36.8. The smallest absolute Gasteiger partial charge is 0.410 e. The number of hydrogen-bond acceptors (Lipinski definition) is 8. The fourth-order valence-corrected chi connectivity index (χ4v) is 6.95. The Balaban J connectivity index is 1.40. The van der Waals surface area contributed by atoms with Gasteiger partial charge in [0.2, 0.25) is 5.91 Å². The van der Waals surface area contributed by atoms with Crippen molar-refractivity contribution in [1.29, 1.82) is 0 Å². The first-order valence-corrected chi connectivity index (χ1v) is 18.0. The van der Waals surface area contributed by atoms with Gasteiger partial charge in [-0.2, -0.15) is 0 Å². The first-order valence-electron chi connectivity index (χ1n) is 17.7. The highest BCUT2D eigenvalue weighted by Crippen LogP contribution is 2.51. The number of aromatic nitrogens is 2. The number of benzene rings is 2. The monoisotopic (exact) mass is 721 g/mol. The van der Waals surface area contributed by atoms with Gasteiger partial charge in [0.15, 0.2) is 0 Å². The minimum Gasteiger partial charge on any atom is -0.445 e. The number of nitrogens with zero attached hydrogens (tertiary/aromatic N) is 4. The van der Waals surface area contributed by atoms with Crippen molar-refractivity contribution in [2.24, 2.45) is 0 Å². The number of aliphatic hydroxyl groups excluding tert-OH is 1. The van der Waals surface area contributed by atoms with E-state index >= 15 is 0 Å². The molecule has 1 aliphatic heterocycles. The molecule has 3 heterocycles. The molecule has 6 rings (SSSR count). The van der Waals surface area contributed by atoms with Gasteiger partial charge in [0.25, 0.3) is 5.91 Å². The van der Waals surface area contributed by atoms with Crippen LogP contribution in [0.15, 0.2) is 97.2 Å². The van der Waals surface area contributed by atoms with Gasteiger partial charge in [-0.3, -0.25) is 24.4 Å². The lowest BCUT2D eigenvalue weighted by atomic mass is 9.95. The van der Waals surface area contributed by atoms with Gasteiger partial charge >= 0.3 is 6.09 Å². The van der Waals surface area contributed by atoms with Crippen LogP contribution in [0.25, 0.3) is 0 Å². The average Bonchev–Trinajstić information content (AvgIpc) is 3.94. The molecular weight excluding hydrogens is 678 g/mol. The maximum absolute atomic E-state index is 14.3. The van der Waals surface area contributed by atoms with Crippen LogP contribution in [0.3, 0.4) is 0 Å². The molecule has 2 aromatic heterocycles. The topological polar surface area (TPSA) is 125 Å². The van der Waals surface area contributed by atoms with Crippen molar-refractivity contribution in [3.05, 3.63) is 136 Å². The maximum Gasteiger partial charge on any atom is 0.410 e. The van der Waals surface area contributed by atoms with Crippen LogP contribution in [0.1, 0.15) is 77.8 Å². The number of anilines is 1. The third-order valence-corrected chi connectivity index (χ3v) is 9.89. The summed E-state index contributed by atoms with van der Waals surface area (Å²) >= 11 is 6.36. The summed E-state index contributed by atoms with van der Waals surface area (Å²) in [6.45, 7) is 5.74. The number of aliphatic hydroxyl groups is 1. The van der Waals surface area contributed by atoms with Crippen LogP contribution in [0, 0.1) is 0 Å². The fraction of sp³-hybridized carbons (Fsp3) is 0.341. The third-order valence-electron chi connectivity index (χ3n) is 9.70.